The van der Waals surface area contributed by atoms with Gasteiger partial charge in [0.2, 0.25) is 0 Å². The van der Waals surface area contributed by atoms with Gasteiger partial charge in [-0.2, -0.15) is 5.26 Å². The summed E-state index contributed by atoms with van der Waals surface area (Å²) in [6.45, 7) is 1.93. The second-order valence-electron chi connectivity index (χ2n) is 2.71. The van der Waals surface area contributed by atoms with E-state index in [-0.39, 0.29) is 13.2 Å². The quantitative estimate of drug-likeness (QED) is 0.459. The van der Waals surface area contributed by atoms with E-state index in [1.165, 1.54) is 0 Å². The van der Waals surface area contributed by atoms with Crippen molar-refractivity contribution in [2.75, 3.05) is 19.8 Å². The maximum absolute atomic E-state index is 8.78. The Balaban J connectivity index is 3.62. The molecule has 0 amide bonds. The van der Waals surface area contributed by atoms with Crippen LogP contribution in [0.1, 0.15) is 13.3 Å². The summed E-state index contributed by atoms with van der Waals surface area (Å²) in [5, 5.41) is 28.6. The normalized spacial score (nSPS) is 11.1. The molecule has 0 saturated heterocycles. The zero-order valence-corrected chi connectivity index (χ0v) is 6.67. The van der Waals surface area contributed by atoms with Crippen molar-refractivity contribution < 1.29 is 10.2 Å². The second-order valence-corrected chi connectivity index (χ2v) is 2.71. The summed E-state index contributed by atoms with van der Waals surface area (Å²) in [6, 6.07) is 1.96. The summed E-state index contributed by atoms with van der Waals surface area (Å²) in [7, 11) is 0. The molecule has 0 aliphatic heterocycles. The van der Waals surface area contributed by atoms with E-state index in [1.807, 2.05) is 6.07 Å². The van der Waals surface area contributed by atoms with Crippen LogP contribution in [-0.4, -0.2) is 35.5 Å². The van der Waals surface area contributed by atoms with Crippen LogP contribution in [-0.2, 0) is 0 Å². The molecule has 64 valence electrons. The van der Waals surface area contributed by atoms with Crippen LogP contribution in [0.2, 0.25) is 0 Å². The van der Waals surface area contributed by atoms with Crippen LogP contribution < -0.4 is 5.32 Å². The fraction of sp³-hybridized carbons (Fsp3) is 0.857. The summed E-state index contributed by atoms with van der Waals surface area (Å²) >= 11 is 0. The molecule has 11 heavy (non-hydrogen) atoms. The SMILES string of the molecule is CC(CO)(CO)NCCC#N. The van der Waals surface area contributed by atoms with Crippen molar-refractivity contribution in [1.82, 2.24) is 5.32 Å². The number of rotatable bonds is 5. The fourth-order valence-electron chi connectivity index (χ4n) is 0.582. The highest BCUT2D eigenvalue weighted by molar-refractivity contribution is 4.83. The maximum atomic E-state index is 8.78. The van der Waals surface area contributed by atoms with Crippen molar-refractivity contribution in [3.63, 3.8) is 0 Å². The van der Waals surface area contributed by atoms with Gasteiger partial charge in [0.25, 0.3) is 0 Å². The van der Waals surface area contributed by atoms with Crippen molar-refractivity contribution in [3.05, 3.63) is 0 Å². The summed E-state index contributed by atoms with van der Waals surface area (Å²) < 4.78 is 0. The molecule has 0 saturated carbocycles. The van der Waals surface area contributed by atoms with Gasteiger partial charge in [-0.25, -0.2) is 0 Å². The van der Waals surface area contributed by atoms with Crippen LogP contribution in [0.3, 0.4) is 0 Å². The number of hydrogen-bond donors (Lipinski definition) is 3. The molecule has 0 radical (unpaired) electrons. The van der Waals surface area contributed by atoms with Crippen LogP contribution in [0.4, 0.5) is 0 Å². The molecule has 0 fully saturated rings. The molecule has 0 aliphatic carbocycles. The van der Waals surface area contributed by atoms with Gasteiger partial charge in [0.05, 0.1) is 24.8 Å². The van der Waals surface area contributed by atoms with Gasteiger partial charge in [-0.15, -0.1) is 0 Å². The van der Waals surface area contributed by atoms with Crippen LogP contribution in [0.5, 0.6) is 0 Å². The third-order valence-corrected chi connectivity index (χ3v) is 1.49. The highest BCUT2D eigenvalue weighted by atomic mass is 16.3. The third-order valence-electron chi connectivity index (χ3n) is 1.49. The van der Waals surface area contributed by atoms with Crippen LogP contribution in [0.15, 0.2) is 0 Å². The Morgan fingerprint density at radius 2 is 2.00 bits per heavy atom. The molecule has 3 N–H and O–H groups in total. The number of nitriles is 1. The number of nitrogens with zero attached hydrogens (tertiary/aromatic N) is 1. The molecule has 4 heteroatoms. The zero-order chi connectivity index (χ0) is 8.74. The van der Waals surface area contributed by atoms with Crippen molar-refractivity contribution >= 4 is 0 Å². The van der Waals surface area contributed by atoms with E-state index in [1.54, 1.807) is 6.92 Å². The Kier molecular flexibility index (Phi) is 4.79. The van der Waals surface area contributed by atoms with Crippen LogP contribution in [0, 0.1) is 11.3 Å². The van der Waals surface area contributed by atoms with Crippen LogP contribution in [0.25, 0.3) is 0 Å². The van der Waals surface area contributed by atoms with Gasteiger partial charge in [-0.05, 0) is 6.92 Å². The standard InChI is InChI=1S/C7H14N2O2/c1-7(5-10,6-11)9-4-2-3-8/h9-11H,2,4-6H2,1H3. The third kappa shape index (κ3) is 3.94. The topological polar surface area (TPSA) is 76.3 Å². The first-order valence-electron chi connectivity index (χ1n) is 3.52. The minimum atomic E-state index is -0.656. The van der Waals surface area contributed by atoms with Gasteiger partial charge in [-0.1, -0.05) is 0 Å². The van der Waals surface area contributed by atoms with Gasteiger partial charge in [-0.3, -0.25) is 0 Å². The zero-order valence-electron chi connectivity index (χ0n) is 6.67. The first kappa shape index (κ1) is 10.4. The van der Waals surface area contributed by atoms with Gasteiger partial charge in [0.15, 0.2) is 0 Å². The summed E-state index contributed by atoms with van der Waals surface area (Å²) in [5.41, 5.74) is -0.656. The smallest absolute Gasteiger partial charge is 0.0635 e. The molecule has 0 aliphatic rings. The number of aliphatic hydroxyl groups excluding tert-OH is 2. The molecule has 0 atom stereocenters. The van der Waals surface area contributed by atoms with Crippen LogP contribution >= 0.6 is 0 Å². The monoisotopic (exact) mass is 158 g/mol. The predicted octanol–water partition coefficient (Wildman–Crippen LogP) is -0.767. The van der Waals surface area contributed by atoms with Gasteiger partial charge in [0.1, 0.15) is 0 Å². The molecule has 0 aromatic rings. The Morgan fingerprint density at radius 1 is 1.45 bits per heavy atom. The average Bonchev–Trinajstić information content (AvgIpc) is 2.05. The average molecular weight is 158 g/mol. The lowest BCUT2D eigenvalue weighted by atomic mass is 10.1. The molecule has 0 spiro atoms. The number of aliphatic hydroxyl groups is 2. The van der Waals surface area contributed by atoms with Crippen molar-refractivity contribution in [3.8, 4) is 6.07 Å². The first-order valence-corrected chi connectivity index (χ1v) is 3.52. The van der Waals surface area contributed by atoms with Crippen molar-refractivity contribution in [1.29, 1.82) is 5.26 Å². The summed E-state index contributed by atoms with van der Waals surface area (Å²) in [5.74, 6) is 0. The molecule has 0 aromatic carbocycles. The van der Waals surface area contributed by atoms with E-state index in [0.717, 1.165) is 0 Å². The molecule has 0 unspecified atom stereocenters. The molecule has 0 rings (SSSR count). The minimum absolute atomic E-state index is 0.130. The Bertz CT molecular complexity index is 138. The fourth-order valence-corrected chi connectivity index (χ4v) is 0.582. The van der Waals surface area contributed by atoms with E-state index >= 15 is 0 Å². The van der Waals surface area contributed by atoms with E-state index in [2.05, 4.69) is 5.32 Å². The number of hydrogen-bond acceptors (Lipinski definition) is 4. The summed E-state index contributed by atoms with van der Waals surface area (Å²) in [4.78, 5) is 0. The first-order chi connectivity index (χ1) is 5.18. The molecule has 0 aromatic heterocycles. The molecule has 0 bridgehead atoms. The van der Waals surface area contributed by atoms with Gasteiger partial charge in [0, 0.05) is 13.0 Å². The van der Waals surface area contributed by atoms with Gasteiger partial charge >= 0.3 is 0 Å². The molecule has 0 heterocycles. The lowest BCUT2D eigenvalue weighted by Gasteiger charge is -2.25. The molecular formula is C7H14N2O2. The largest absolute Gasteiger partial charge is 0.394 e. The van der Waals surface area contributed by atoms with Crippen molar-refractivity contribution in [2.45, 2.75) is 18.9 Å². The lowest BCUT2D eigenvalue weighted by molar-refractivity contribution is 0.105. The van der Waals surface area contributed by atoms with E-state index < -0.39 is 5.54 Å². The van der Waals surface area contributed by atoms with E-state index in [9.17, 15) is 0 Å². The highest BCUT2D eigenvalue weighted by Gasteiger charge is 2.20. The molecule has 4 nitrogen and oxygen atoms in total. The predicted molar refractivity (Wildman–Crippen MR) is 40.8 cm³/mol. The Hall–Kier alpha value is -0.630. The summed E-state index contributed by atoms with van der Waals surface area (Å²) in [6.07, 6.45) is 0.385. The molecular weight excluding hydrogens is 144 g/mol. The van der Waals surface area contributed by atoms with Gasteiger partial charge < -0.3 is 15.5 Å². The lowest BCUT2D eigenvalue weighted by Crippen LogP contribution is -2.49. The maximum Gasteiger partial charge on any atom is 0.0635 e. The van der Waals surface area contributed by atoms with E-state index in [0.29, 0.717) is 13.0 Å². The highest BCUT2D eigenvalue weighted by Crippen LogP contribution is 1.99. The minimum Gasteiger partial charge on any atom is -0.394 e. The van der Waals surface area contributed by atoms with E-state index in [4.69, 9.17) is 15.5 Å². The Morgan fingerprint density at radius 3 is 2.36 bits per heavy atom. The van der Waals surface area contributed by atoms with Crippen molar-refractivity contribution in [2.24, 2.45) is 0 Å². The number of nitrogens with one attached hydrogen (secondary N) is 1. The second kappa shape index (κ2) is 5.08. The Labute approximate surface area is 66.5 Å².